The summed E-state index contributed by atoms with van der Waals surface area (Å²) in [4.78, 5) is 3.85. The standard InChI is InChI=1S/C15H13F4N3.HI/c16-11-7-6-10(13(8-11)15(17,18)19)9-21-14(20)22-12-4-2-1-3-5-12;/h1-8H,9H2,(H3,20,21,22);1H. The third-order valence-electron chi connectivity index (χ3n) is 2.84. The van der Waals surface area contributed by atoms with E-state index in [0.717, 1.165) is 12.1 Å². The molecule has 0 saturated carbocycles. The summed E-state index contributed by atoms with van der Waals surface area (Å²) < 4.78 is 51.5. The number of aliphatic imine (C=N–C) groups is 1. The lowest BCUT2D eigenvalue weighted by Gasteiger charge is -2.12. The van der Waals surface area contributed by atoms with Crippen LogP contribution >= 0.6 is 24.0 Å². The highest BCUT2D eigenvalue weighted by Gasteiger charge is 2.33. The van der Waals surface area contributed by atoms with Crippen LogP contribution in [0, 0.1) is 5.82 Å². The highest BCUT2D eigenvalue weighted by Crippen LogP contribution is 2.32. The molecule has 2 aromatic carbocycles. The molecular weight excluding hydrogens is 425 g/mol. The van der Waals surface area contributed by atoms with E-state index in [4.69, 9.17) is 5.73 Å². The number of rotatable bonds is 3. The van der Waals surface area contributed by atoms with E-state index in [0.29, 0.717) is 11.8 Å². The number of nitrogens with zero attached hydrogens (tertiary/aromatic N) is 1. The largest absolute Gasteiger partial charge is 0.416 e. The predicted molar refractivity (Wildman–Crippen MR) is 92.2 cm³/mol. The monoisotopic (exact) mass is 439 g/mol. The van der Waals surface area contributed by atoms with Crippen molar-refractivity contribution < 1.29 is 17.6 Å². The van der Waals surface area contributed by atoms with Gasteiger partial charge >= 0.3 is 6.18 Å². The maximum atomic E-state index is 13.0. The first-order valence-corrected chi connectivity index (χ1v) is 6.34. The van der Waals surface area contributed by atoms with Crippen molar-refractivity contribution in [2.75, 3.05) is 5.32 Å². The molecule has 0 aliphatic carbocycles. The third-order valence-corrected chi connectivity index (χ3v) is 2.84. The van der Waals surface area contributed by atoms with Crippen molar-refractivity contribution in [3.63, 3.8) is 0 Å². The molecular formula is C15H14F4IN3. The second-order valence-electron chi connectivity index (χ2n) is 4.49. The van der Waals surface area contributed by atoms with Gasteiger partial charge in [-0.1, -0.05) is 24.3 Å². The van der Waals surface area contributed by atoms with Crippen molar-refractivity contribution in [3.8, 4) is 0 Å². The topological polar surface area (TPSA) is 50.4 Å². The molecule has 0 amide bonds. The first-order chi connectivity index (χ1) is 10.4. The number of guanidine groups is 1. The molecule has 0 radical (unpaired) electrons. The molecule has 0 fully saturated rings. The normalized spacial score (nSPS) is 11.7. The molecule has 0 aliphatic rings. The van der Waals surface area contributed by atoms with Gasteiger partial charge in [0, 0.05) is 5.69 Å². The zero-order valence-electron chi connectivity index (χ0n) is 11.8. The van der Waals surface area contributed by atoms with Crippen LogP contribution in [0.2, 0.25) is 0 Å². The van der Waals surface area contributed by atoms with Crippen LogP contribution in [0.3, 0.4) is 0 Å². The van der Waals surface area contributed by atoms with Gasteiger partial charge < -0.3 is 11.1 Å². The molecule has 3 N–H and O–H groups in total. The minimum atomic E-state index is -4.64. The van der Waals surface area contributed by atoms with Crippen molar-refractivity contribution in [1.82, 2.24) is 0 Å². The Morgan fingerprint density at radius 1 is 1.09 bits per heavy atom. The molecule has 23 heavy (non-hydrogen) atoms. The smallest absolute Gasteiger partial charge is 0.370 e. The summed E-state index contributed by atoms with van der Waals surface area (Å²) >= 11 is 0. The Labute approximate surface area is 147 Å². The van der Waals surface area contributed by atoms with Gasteiger partial charge in [0.05, 0.1) is 12.1 Å². The van der Waals surface area contributed by atoms with E-state index in [2.05, 4.69) is 10.3 Å². The Balaban J connectivity index is 0.00000264. The van der Waals surface area contributed by atoms with Gasteiger partial charge in [0.15, 0.2) is 5.96 Å². The van der Waals surface area contributed by atoms with Crippen LogP contribution in [0.5, 0.6) is 0 Å². The number of para-hydroxylation sites is 1. The highest BCUT2D eigenvalue weighted by molar-refractivity contribution is 14.0. The Morgan fingerprint density at radius 2 is 1.74 bits per heavy atom. The summed E-state index contributed by atoms with van der Waals surface area (Å²) in [7, 11) is 0. The second kappa shape index (κ2) is 8.14. The van der Waals surface area contributed by atoms with Crippen molar-refractivity contribution in [2.45, 2.75) is 12.7 Å². The minimum absolute atomic E-state index is 0. The molecule has 0 unspecified atom stereocenters. The zero-order chi connectivity index (χ0) is 16.2. The van der Waals surface area contributed by atoms with Crippen molar-refractivity contribution >= 4 is 35.6 Å². The Kier molecular flexibility index (Phi) is 6.79. The Hall–Kier alpha value is -1.84. The Morgan fingerprint density at radius 3 is 2.35 bits per heavy atom. The molecule has 0 spiro atoms. The van der Waals surface area contributed by atoms with Crippen LogP contribution in [0.15, 0.2) is 53.5 Å². The number of hydrogen-bond donors (Lipinski definition) is 2. The minimum Gasteiger partial charge on any atom is -0.370 e. The number of hydrogen-bond acceptors (Lipinski definition) is 1. The molecule has 0 atom stereocenters. The Bertz CT molecular complexity index is 672. The number of benzene rings is 2. The van der Waals surface area contributed by atoms with Crippen LogP contribution in [-0.2, 0) is 12.7 Å². The summed E-state index contributed by atoms with van der Waals surface area (Å²) in [5.41, 5.74) is 5.09. The number of nitrogens with two attached hydrogens (primary N) is 1. The van der Waals surface area contributed by atoms with Gasteiger partial charge in [-0.05, 0) is 29.8 Å². The molecule has 0 bridgehead atoms. The van der Waals surface area contributed by atoms with Crippen LogP contribution in [0.25, 0.3) is 0 Å². The number of alkyl halides is 3. The van der Waals surface area contributed by atoms with Crippen molar-refractivity contribution in [1.29, 1.82) is 0 Å². The fraction of sp³-hybridized carbons (Fsp3) is 0.133. The lowest BCUT2D eigenvalue weighted by molar-refractivity contribution is -0.138. The summed E-state index contributed by atoms with van der Waals surface area (Å²) in [5, 5.41) is 2.75. The van der Waals surface area contributed by atoms with Gasteiger partial charge in [0.1, 0.15) is 5.82 Å². The van der Waals surface area contributed by atoms with Gasteiger partial charge in [-0.2, -0.15) is 13.2 Å². The molecule has 124 valence electrons. The van der Waals surface area contributed by atoms with Gasteiger partial charge in [0.25, 0.3) is 0 Å². The van der Waals surface area contributed by atoms with E-state index >= 15 is 0 Å². The quantitative estimate of drug-likeness (QED) is 0.323. The first kappa shape index (κ1) is 19.2. The summed E-state index contributed by atoms with van der Waals surface area (Å²) in [5.74, 6) is -0.973. The molecule has 8 heteroatoms. The average Bonchev–Trinajstić information content (AvgIpc) is 2.46. The molecule has 0 aliphatic heterocycles. The lowest BCUT2D eigenvalue weighted by atomic mass is 10.1. The number of halogens is 5. The van der Waals surface area contributed by atoms with Crippen LogP contribution in [0.1, 0.15) is 11.1 Å². The van der Waals surface area contributed by atoms with E-state index in [-0.39, 0.29) is 42.0 Å². The lowest BCUT2D eigenvalue weighted by Crippen LogP contribution is -2.22. The molecule has 0 heterocycles. The van der Waals surface area contributed by atoms with Gasteiger partial charge in [-0.15, -0.1) is 24.0 Å². The maximum absolute atomic E-state index is 13.0. The average molecular weight is 439 g/mol. The fourth-order valence-corrected chi connectivity index (χ4v) is 1.83. The van der Waals surface area contributed by atoms with Crippen molar-refractivity contribution in [3.05, 3.63) is 65.5 Å². The molecule has 3 nitrogen and oxygen atoms in total. The number of anilines is 1. The van der Waals surface area contributed by atoms with Crippen LogP contribution in [0.4, 0.5) is 23.2 Å². The highest BCUT2D eigenvalue weighted by atomic mass is 127. The summed E-state index contributed by atoms with van der Waals surface area (Å²) in [6.07, 6.45) is -4.64. The maximum Gasteiger partial charge on any atom is 0.416 e. The number of nitrogens with one attached hydrogen (secondary N) is 1. The van der Waals surface area contributed by atoms with E-state index in [1.54, 1.807) is 24.3 Å². The van der Waals surface area contributed by atoms with Crippen LogP contribution < -0.4 is 11.1 Å². The predicted octanol–water partition coefficient (Wildman–Crippen LogP) is 4.39. The van der Waals surface area contributed by atoms with E-state index in [1.807, 2.05) is 6.07 Å². The van der Waals surface area contributed by atoms with Gasteiger partial charge in [-0.25, -0.2) is 9.38 Å². The third kappa shape index (κ3) is 5.70. The molecule has 0 saturated heterocycles. The van der Waals surface area contributed by atoms with E-state index < -0.39 is 17.6 Å². The first-order valence-electron chi connectivity index (χ1n) is 6.34. The molecule has 2 aromatic rings. The summed E-state index contributed by atoms with van der Waals surface area (Å²) in [6.45, 7) is -0.305. The zero-order valence-corrected chi connectivity index (χ0v) is 14.1. The van der Waals surface area contributed by atoms with Gasteiger partial charge in [-0.3, -0.25) is 0 Å². The SMILES string of the molecule is I.NC(=NCc1ccc(F)cc1C(F)(F)F)Nc1ccccc1. The second-order valence-corrected chi connectivity index (χ2v) is 4.49. The van der Waals surface area contributed by atoms with Gasteiger partial charge in [0.2, 0.25) is 0 Å². The van der Waals surface area contributed by atoms with E-state index in [9.17, 15) is 17.6 Å². The van der Waals surface area contributed by atoms with Crippen molar-refractivity contribution in [2.24, 2.45) is 10.7 Å². The van der Waals surface area contributed by atoms with Crippen LogP contribution in [-0.4, -0.2) is 5.96 Å². The molecule has 2 rings (SSSR count). The van der Waals surface area contributed by atoms with E-state index in [1.165, 1.54) is 0 Å². The fourth-order valence-electron chi connectivity index (χ4n) is 1.83. The molecule has 0 aromatic heterocycles. The summed E-state index contributed by atoms with van der Waals surface area (Å²) in [6, 6.07) is 11.3.